The number of piperidine rings is 1. The summed E-state index contributed by atoms with van der Waals surface area (Å²) in [6.45, 7) is 1.23. The third kappa shape index (κ3) is 6.00. The molecule has 0 bridgehead atoms. The molecule has 1 fully saturated rings. The minimum Gasteiger partial charge on any atom is -0.497 e. The van der Waals surface area contributed by atoms with Crippen molar-refractivity contribution in [3.05, 3.63) is 70.4 Å². The number of aromatic nitrogens is 1. The van der Waals surface area contributed by atoms with E-state index in [2.05, 4.69) is 16.8 Å². The number of carbonyl (C=O) groups is 1. The Bertz CT molecular complexity index is 1360. The predicted molar refractivity (Wildman–Crippen MR) is 135 cm³/mol. The van der Waals surface area contributed by atoms with Gasteiger partial charge in [-0.1, -0.05) is 23.4 Å². The smallest absolute Gasteiger partial charge is 0.309 e. The predicted octanol–water partition coefficient (Wildman–Crippen LogP) is 6.18. The average Bonchev–Trinajstić information content (AvgIpc) is 2.88. The number of ether oxygens (including phenoxy) is 1. The standard InChI is InChI=1S/C28H26ClF3N2O3/c1-37-20-6-7-25-21(16-20)26(22(29)17-33-25)23(31)8-9-28(27(35)36)10-13-34(14-11-28)12-2-3-18-4-5-19(30)15-24(18)32/h4-7,15-17,23H,8-14H2,1H3,(H,35,36)/t23-/m0/s1. The summed E-state index contributed by atoms with van der Waals surface area (Å²) in [5.74, 6) is 3.76. The maximum absolute atomic E-state index is 15.6. The van der Waals surface area contributed by atoms with Crippen molar-refractivity contribution < 1.29 is 27.8 Å². The van der Waals surface area contributed by atoms with E-state index in [1.165, 1.54) is 19.4 Å². The number of halogens is 4. The highest BCUT2D eigenvalue weighted by molar-refractivity contribution is 6.32. The van der Waals surface area contributed by atoms with Crippen molar-refractivity contribution >= 4 is 28.5 Å². The van der Waals surface area contributed by atoms with Crippen molar-refractivity contribution in [1.29, 1.82) is 0 Å². The number of hydrogen-bond acceptors (Lipinski definition) is 4. The number of likely N-dealkylation sites (tertiary alicyclic amines) is 1. The van der Waals surface area contributed by atoms with E-state index in [4.69, 9.17) is 16.3 Å². The van der Waals surface area contributed by atoms with Crippen LogP contribution in [0, 0.1) is 28.9 Å². The number of carboxylic acids is 1. The van der Waals surface area contributed by atoms with E-state index in [0.29, 0.717) is 49.1 Å². The Hall–Kier alpha value is -3.28. The Morgan fingerprint density at radius 3 is 2.68 bits per heavy atom. The Balaban J connectivity index is 1.41. The molecule has 1 aromatic heterocycles. The van der Waals surface area contributed by atoms with Crippen LogP contribution in [-0.2, 0) is 4.79 Å². The van der Waals surface area contributed by atoms with Crippen molar-refractivity contribution in [3.8, 4) is 17.6 Å². The van der Waals surface area contributed by atoms with Gasteiger partial charge in [-0.15, -0.1) is 0 Å². The number of benzene rings is 2. The van der Waals surface area contributed by atoms with Gasteiger partial charge in [-0.2, -0.15) is 0 Å². The van der Waals surface area contributed by atoms with Crippen LogP contribution in [0.3, 0.4) is 0 Å². The van der Waals surface area contributed by atoms with Gasteiger partial charge >= 0.3 is 5.97 Å². The largest absolute Gasteiger partial charge is 0.497 e. The maximum atomic E-state index is 15.6. The molecule has 1 saturated heterocycles. The quantitative estimate of drug-likeness (QED) is 0.369. The van der Waals surface area contributed by atoms with Crippen LogP contribution in [-0.4, -0.2) is 47.7 Å². The molecular weight excluding hydrogens is 505 g/mol. The topological polar surface area (TPSA) is 62.7 Å². The normalized spacial score (nSPS) is 16.1. The molecule has 37 heavy (non-hydrogen) atoms. The van der Waals surface area contributed by atoms with Crippen LogP contribution in [0.1, 0.15) is 43.0 Å². The summed E-state index contributed by atoms with van der Waals surface area (Å²) >= 11 is 6.32. The first-order valence-electron chi connectivity index (χ1n) is 11.9. The number of aliphatic carboxylic acids is 1. The molecule has 4 rings (SSSR count). The molecule has 0 aliphatic carbocycles. The van der Waals surface area contributed by atoms with E-state index in [9.17, 15) is 18.7 Å². The number of rotatable bonds is 7. The number of alkyl halides is 1. The third-order valence-electron chi connectivity index (χ3n) is 6.98. The fourth-order valence-electron chi connectivity index (χ4n) is 4.71. The second-order valence-electron chi connectivity index (χ2n) is 9.20. The van der Waals surface area contributed by atoms with Gasteiger partial charge in [0.25, 0.3) is 0 Å². The van der Waals surface area contributed by atoms with E-state index in [1.54, 1.807) is 18.2 Å². The number of carboxylic acid groups (broad SMARTS) is 1. The first-order valence-corrected chi connectivity index (χ1v) is 12.3. The van der Waals surface area contributed by atoms with Crippen molar-refractivity contribution in [2.75, 3.05) is 26.7 Å². The van der Waals surface area contributed by atoms with Crippen LogP contribution < -0.4 is 4.74 Å². The number of methoxy groups -OCH3 is 1. The molecule has 0 radical (unpaired) electrons. The van der Waals surface area contributed by atoms with Crippen LogP contribution in [0.5, 0.6) is 5.75 Å². The molecule has 0 saturated carbocycles. The highest BCUT2D eigenvalue weighted by Crippen LogP contribution is 2.42. The Morgan fingerprint density at radius 1 is 1.24 bits per heavy atom. The lowest BCUT2D eigenvalue weighted by Crippen LogP contribution is -2.44. The molecule has 3 aromatic rings. The van der Waals surface area contributed by atoms with Crippen molar-refractivity contribution in [2.24, 2.45) is 5.41 Å². The van der Waals surface area contributed by atoms with Gasteiger partial charge in [0.05, 0.1) is 35.2 Å². The highest BCUT2D eigenvalue weighted by atomic mass is 35.5. The Kier molecular flexibility index (Phi) is 8.25. The van der Waals surface area contributed by atoms with Gasteiger partial charge in [-0.3, -0.25) is 14.7 Å². The number of hydrogen-bond donors (Lipinski definition) is 1. The minimum absolute atomic E-state index is 0.00794. The lowest BCUT2D eigenvalue weighted by molar-refractivity contribution is -0.152. The number of fused-ring (bicyclic) bond motifs is 1. The molecule has 0 amide bonds. The highest BCUT2D eigenvalue weighted by Gasteiger charge is 2.41. The number of nitrogens with zero attached hydrogens (tertiary/aromatic N) is 2. The monoisotopic (exact) mass is 530 g/mol. The summed E-state index contributed by atoms with van der Waals surface area (Å²) in [4.78, 5) is 18.5. The summed E-state index contributed by atoms with van der Waals surface area (Å²) < 4.78 is 47.6. The van der Waals surface area contributed by atoms with Crippen molar-refractivity contribution in [2.45, 2.75) is 31.9 Å². The van der Waals surface area contributed by atoms with Crippen LogP contribution in [0.4, 0.5) is 13.2 Å². The fraction of sp³-hybridized carbons (Fsp3) is 0.357. The summed E-state index contributed by atoms with van der Waals surface area (Å²) in [7, 11) is 1.52. The zero-order chi connectivity index (χ0) is 26.6. The van der Waals surface area contributed by atoms with Crippen LogP contribution in [0.15, 0.2) is 42.6 Å². The lowest BCUT2D eigenvalue weighted by atomic mass is 9.74. The molecule has 9 heteroatoms. The molecule has 1 aliphatic heterocycles. The molecule has 2 heterocycles. The van der Waals surface area contributed by atoms with Gasteiger partial charge < -0.3 is 9.84 Å². The van der Waals surface area contributed by atoms with Gasteiger partial charge in [0, 0.05) is 36.3 Å². The zero-order valence-electron chi connectivity index (χ0n) is 20.2. The third-order valence-corrected chi connectivity index (χ3v) is 7.28. The summed E-state index contributed by atoms with van der Waals surface area (Å²) in [6.07, 6.45) is 0.735. The van der Waals surface area contributed by atoms with Crippen molar-refractivity contribution in [3.63, 3.8) is 0 Å². The average molecular weight is 531 g/mol. The lowest BCUT2D eigenvalue weighted by Gasteiger charge is -2.38. The fourth-order valence-corrected chi connectivity index (χ4v) is 4.98. The molecular formula is C28H26ClF3N2O3. The van der Waals surface area contributed by atoms with Crippen LogP contribution >= 0.6 is 11.6 Å². The molecule has 5 nitrogen and oxygen atoms in total. The molecule has 1 N–H and O–H groups in total. The van der Waals surface area contributed by atoms with E-state index >= 15 is 4.39 Å². The summed E-state index contributed by atoms with van der Waals surface area (Å²) in [5, 5.41) is 10.8. The molecule has 0 spiro atoms. The SMILES string of the molecule is COc1ccc2ncc(Cl)c([C@@H](F)CCC3(C(=O)O)CCN(CC#Cc4ccc(F)cc4F)CC3)c2c1. The minimum atomic E-state index is -1.48. The van der Waals surface area contributed by atoms with Gasteiger partial charge in [0.15, 0.2) is 0 Å². The van der Waals surface area contributed by atoms with E-state index in [1.807, 2.05) is 4.90 Å². The zero-order valence-corrected chi connectivity index (χ0v) is 21.0. The second-order valence-corrected chi connectivity index (χ2v) is 9.60. The molecule has 2 aromatic carbocycles. The molecule has 1 atom stereocenters. The Morgan fingerprint density at radius 2 is 2.00 bits per heavy atom. The van der Waals surface area contributed by atoms with Gasteiger partial charge in [-0.05, 0) is 56.0 Å². The van der Waals surface area contributed by atoms with Gasteiger partial charge in [0.1, 0.15) is 23.6 Å². The summed E-state index contributed by atoms with van der Waals surface area (Å²) in [5.41, 5.74) is -0.102. The van der Waals surface area contributed by atoms with Crippen LogP contribution in [0.25, 0.3) is 10.9 Å². The molecule has 0 unspecified atom stereocenters. The number of pyridine rings is 1. The molecule has 1 aliphatic rings. The van der Waals surface area contributed by atoms with Crippen LogP contribution in [0.2, 0.25) is 5.02 Å². The van der Waals surface area contributed by atoms with Gasteiger partial charge in [-0.25, -0.2) is 13.2 Å². The Labute approximate surface area is 218 Å². The maximum Gasteiger partial charge on any atom is 0.309 e. The van der Waals surface area contributed by atoms with E-state index < -0.39 is 29.2 Å². The summed E-state index contributed by atoms with van der Waals surface area (Å²) in [6, 6.07) is 8.34. The first kappa shape index (κ1) is 26.8. The van der Waals surface area contributed by atoms with E-state index in [0.717, 1.165) is 12.1 Å². The first-order chi connectivity index (χ1) is 17.7. The van der Waals surface area contributed by atoms with Crippen molar-refractivity contribution in [1.82, 2.24) is 9.88 Å². The van der Waals surface area contributed by atoms with E-state index in [-0.39, 0.29) is 29.0 Å². The second kappa shape index (κ2) is 11.4. The molecule has 194 valence electrons. The van der Waals surface area contributed by atoms with Gasteiger partial charge in [0.2, 0.25) is 0 Å².